The molecule has 0 saturated carbocycles. The molecule has 180 valence electrons. The van der Waals surface area contributed by atoms with Gasteiger partial charge in [0.1, 0.15) is 0 Å². The third-order valence-corrected chi connectivity index (χ3v) is 7.51. The minimum Gasteiger partial charge on any atom is -0.312 e. The first kappa shape index (κ1) is 23.6. The molecule has 3 aromatic rings. The van der Waals surface area contributed by atoms with Crippen molar-refractivity contribution in [3.8, 4) is 11.1 Å². The minimum absolute atomic E-state index is 0.0994. The average molecular weight is 465 g/mol. The fourth-order valence-electron chi connectivity index (χ4n) is 5.31. The van der Waals surface area contributed by atoms with Gasteiger partial charge in [-0.15, -0.1) is 0 Å². The fourth-order valence-corrected chi connectivity index (χ4v) is 5.31. The molecule has 1 fully saturated rings. The number of piperidine rings is 1. The van der Waals surface area contributed by atoms with Gasteiger partial charge in [-0.05, 0) is 104 Å². The van der Waals surface area contributed by atoms with Crippen LogP contribution in [0.25, 0.3) is 17.2 Å². The van der Waals surface area contributed by atoms with Crippen LogP contribution in [0.5, 0.6) is 0 Å². The molecule has 0 bridgehead atoms. The molecule has 3 nitrogen and oxygen atoms in total. The number of hydrogen-bond donors (Lipinski definition) is 0. The molecule has 1 saturated heterocycles. The second-order valence-corrected chi connectivity index (χ2v) is 10.2. The van der Waals surface area contributed by atoms with Crippen LogP contribution in [0.3, 0.4) is 0 Å². The molecule has 0 radical (unpaired) electrons. The maximum atomic E-state index is 13.5. The molecule has 5 rings (SSSR count). The molecule has 1 amide bonds. The Kier molecular flexibility index (Phi) is 7.15. The van der Waals surface area contributed by atoms with E-state index in [0.29, 0.717) is 0 Å². The summed E-state index contributed by atoms with van der Waals surface area (Å²) >= 11 is 0. The Morgan fingerprint density at radius 2 is 1.54 bits per heavy atom. The van der Waals surface area contributed by atoms with Gasteiger partial charge in [-0.3, -0.25) is 9.69 Å². The second-order valence-electron chi connectivity index (χ2n) is 10.2. The molecule has 0 aromatic heterocycles. The number of rotatable bonds is 5. The van der Waals surface area contributed by atoms with Gasteiger partial charge in [0.2, 0.25) is 0 Å². The number of amides is 1. The van der Waals surface area contributed by atoms with Gasteiger partial charge >= 0.3 is 0 Å². The Balaban J connectivity index is 1.33. The Labute approximate surface area is 210 Å². The van der Waals surface area contributed by atoms with Crippen molar-refractivity contribution in [3.05, 3.63) is 94.6 Å². The number of likely N-dealkylation sites (tertiary alicyclic amines) is 1. The monoisotopic (exact) mass is 464 g/mol. The van der Waals surface area contributed by atoms with E-state index in [1.54, 1.807) is 0 Å². The summed E-state index contributed by atoms with van der Waals surface area (Å²) in [6.07, 6.45) is 8.91. The molecule has 0 unspecified atom stereocenters. The molecule has 1 aliphatic carbocycles. The van der Waals surface area contributed by atoms with Crippen LogP contribution in [-0.2, 0) is 17.8 Å². The van der Waals surface area contributed by atoms with Crippen molar-refractivity contribution >= 4 is 17.7 Å². The van der Waals surface area contributed by atoms with Crippen LogP contribution in [-0.4, -0.2) is 30.9 Å². The molecule has 35 heavy (non-hydrogen) atoms. The maximum absolute atomic E-state index is 13.5. The summed E-state index contributed by atoms with van der Waals surface area (Å²) in [5.74, 6) is 0.0994. The summed E-state index contributed by atoms with van der Waals surface area (Å²) in [4.78, 5) is 17.8. The topological polar surface area (TPSA) is 23.6 Å². The summed E-state index contributed by atoms with van der Waals surface area (Å²) in [5, 5.41) is 0. The number of carbonyl (C=O) groups excluding carboxylic acids is 1. The van der Waals surface area contributed by atoms with Gasteiger partial charge in [-0.2, -0.15) is 0 Å². The lowest BCUT2D eigenvalue weighted by Crippen LogP contribution is -2.29. The van der Waals surface area contributed by atoms with Crippen molar-refractivity contribution in [2.45, 2.75) is 52.0 Å². The molecular weight excluding hydrogens is 428 g/mol. The molecular formula is C32H36N2O. The van der Waals surface area contributed by atoms with Crippen LogP contribution in [0.1, 0.15) is 54.4 Å². The Bertz CT molecular complexity index is 1200. The number of anilines is 1. The van der Waals surface area contributed by atoms with E-state index in [1.165, 1.54) is 65.7 Å². The van der Waals surface area contributed by atoms with E-state index in [-0.39, 0.29) is 5.91 Å². The van der Waals surface area contributed by atoms with Crippen LogP contribution < -0.4 is 4.90 Å². The van der Waals surface area contributed by atoms with Crippen molar-refractivity contribution < 1.29 is 4.79 Å². The van der Waals surface area contributed by atoms with Crippen LogP contribution >= 0.6 is 0 Å². The molecule has 0 atom stereocenters. The van der Waals surface area contributed by atoms with E-state index >= 15 is 0 Å². The number of carbonyl (C=O) groups is 1. The van der Waals surface area contributed by atoms with Gasteiger partial charge in [0.05, 0.1) is 0 Å². The summed E-state index contributed by atoms with van der Waals surface area (Å²) in [5.41, 5.74) is 9.35. The van der Waals surface area contributed by atoms with E-state index in [9.17, 15) is 4.79 Å². The molecule has 1 aliphatic heterocycles. The first-order valence-corrected chi connectivity index (χ1v) is 13.1. The Hall–Kier alpha value is -3.17. The highest BCUT2D eigenvalue weighted by molar-refractivity contribution is 6.08. The lowest BCUT2D eigenvalue weighted by Gasteiger charge is -2.26. The summed E-state index contributed by atoms with van der Waals surface area (Å²) < 4.78 is 0. The van der Waals surface area contributed by atoms with Crippen molar-refractivity contribution in [2.75, 3.05) is 25.0 Å². The van der Waals surface area contributed by atoms with Gasteiger partial charge in [0.25, 0.3) is 5.91 Å². The zero-order valence-corrected chi connectivity index (χ0v) is 21.1. The van der Waals surface area contributed by atoms with Crippen molar-refractivity contribution in [2.24, 2.45) is 0 Å². The van der Waals surface area contributed by atoms with Crippen LogP contribution in [0.2, 0.25) is 0 Å². The van der Waals surface area contributed by atoms with Gasteiger partial charge in [0, 0.05) is 24.9 Å². The number of fused-ring (bicyclic) bond motifs is 1. The minimum atomic E-state index is 0.0994. The van der Waals surface area contributed by atoms with E-state index in [1.807, 2.05) is 11.9 Å². The molecule has 3 aromatic carbocycles. The first-order valence-electron chi connectivity index (χ1n) is 13.1. The molecule has 2 aliphatic rings. The summed E-state index contributed by atoms with van der Waals surface area (Å²) in [7, 11) is 1.90. The number of likely N-dealkylation sites (N-methyl/N-ethyl adjacent to an activating group) is 1. The largest absolute Gasteiger partial charge is 0.312 e. The highest BCUT2D eigenvalue weighted by atomic mass is 16.2. The molecule has 3 heteroatoms. The fraction of sp³-hybridized carbons (Fsp3) is 0.344. The van der Waals surface area contributed by atoms with Crippen molar-refractivity contribution in [3.63, 3.8) is 0 Å². The second kappa shape index (κ2) is 10.6. The maximum Gasteiger partial charge on any atom is 0.253 e. The van der Waals surface area contributed by atoms with E-state index in [4.69, 9.17) is 0 Å². The highest BCUT2D eigenvalue weighted by Gasteiger charge is 2.20. The van der Waals surface area contributed by atoms with Crippen LogP contribution in [0, 0.1) is 6.92 Å². The van der Waals surface area contributed by atoms with Crippen molar-refractivity contribution in [1.29, 1.82) is 0 Å². The van der Waals surface area contributed by atoms with Gasteiger partial charge < -0.3 is 4.90 Å². The SMILES string of the molecule is Cc1ccc(-c2ccc3c(c2)C=C(C(=O)N(C)c2ccc(CN4CCCCC4)cc2)CCC3)cc1. The third-order valence-electron chi connectivity index (χ3n) is 7.51. The molecule has 0 spiro atoms. The van der Waals surface area contributed by atoms with Gasteiger partial charge in [0.15, 0.2) is 0 Å². The Morgan fingerprint density at radius 1 is 0.829 bits per heavy atom. The van der Waals surface area contributed by atoms with Crippen LogP contribution in [0.15, 0.2) is 72.3 Å². The van der Waals surface area contributed by atoms with Crippen LogP contribution in [0.4, 0.5) is 5.69 Å². The lowest BCUT2D eigenvalue weighted by atomic mass is 9.97. The van der Waals surface area contributed by atoms with Gasteiger partial charge in [-0.25, -0.2) is 0 Å². The average Bonchev–Trinajstić information content (AvgIpc) is 3.11. The lowest BCUT2D eigenvalue weighted by molar-refractivity contribution is -0.114. The predicted molar refractivity (Wildman–Crippen MR) is 147 cm³/mol. The molecule has 1 heterocycles. The predicted octanol–water partition coefficient (Wildman–Crippen LogP) is 7.03. The van der Waals surface area contributed by atoms with E-state index < -0.39 is 0 Å². The highest BCUT2D eigenvalue weighted by Crippen LogP contribution is 2.30. The van der Waals surface area contributed by atoms with Crippen molar-refractivity contribution in [1.82, 2.24) is 4.90 Å². The number of aryl methyl sites for hydroxylation is 2. The molecule has 0 N–H and O–H groups in total. The summed E-state index contributed by atoms with van der Waals surface area (Å²) in [6, 6.07) is 23.9. The third kappa shape index (κ3) is 5.57. The normalized spacial score (nSPS) is 16.2. The first-order chi connectivity index (χ1) is 17.1. The standard InChI is InChI=1S/C32H36N2O/c1-24-9-13-27(14-10-24)28-16-15-26-7-6-8-29(22-30(26)21-28)32(35)33(2)31-17-11-25(12-18-31)23-34-19-4-3-5-20-34/h9-18,21-22H,3-8,19-20,23H2,1-2H3. The Morgan fingerprint density at radius 3 is 2.29 bits per heavy atom. The van der Waals surface area contributed by atoms with E-state index in [2.05, 4.69) is 84.6 Å². The zero-order chi connectivity index (χ0) is 24.2. The number of hydrogen-bond acceptors (Lipinski definition) is 2. The zero-order valence-electron chi connectivity index (χ0n) is 21.1. The van der Waals surface area contributed by atoms with Gasteiger partial charge in [-0.1, -0.05) is 60.5 Å². The number of benzene rings is 3. The van der Waals surface area contributed by atoms with E-state index in [0.717, 1.165) is 37.1 Å². The smallest absolute Gasteiger partial charge is 0.253 e. The summed E-state index contributed by atoms with van der Waals surface area (Å²) in [6.45, 7) is 5.51. The quantitative estimate of drug-likeness (QED) is 0.405. The number of nitrogens with zero attached hydrogens (tertiary/aromatic N) is 2.